The van der Waals surface area contributed by atoms with Gasteiger partial charge in [0, 0.05) is 0 Å². The molecule has 0 atom stereocenters. The Morgan fingerprint density at radius 3 is 1.71 bits per heavy atom. The van der Waals surface area contributed by atoms with Crippen LogP contribution in [0.2, 0.25) is 0 Å². The normalized spacial score (nSPS) is 6.93. The molecule has 0 aliphatic carbocycles. The van der Waals surface area contributed by atoms with Crippen LogP contribution in [-0.2, 0) is 4.79 Å². The van der Waals surface area contributed by atoms with Crippen LogP contribution in [0, 0.1) is 0 Å². The predicted octanol–water partition coefficient (Wildman–Crippen LogP) is -3.27. The quantitative estimate of drug-likeness (QED) is 0.118. The highest BCUT2D eigenvalue weighted by molar-refractivity contribution is 5.93. The van der Waals surface area contributed by atoms with E-state index in [9.17, 15) is 9.59 Å². The van der Waals surface area contributed by atoms with Gasteiger partial charge in [0.2, 0.25) is 5.96 Å². The van der Waals surface area contributed by atoms with E-state index in [1.807, 2.05) is 0 Å². The number of carbonyl (C=O) groups excluding carboxylic acids is 2. The van der Waals surface area contributed by atoms with Crippen molar-refractivity contribution in [3.05, 3.63) is 0 Å². The van der Waals surface area contributed by atoms with Gasteiger partial charge >= 0.3 is 6.03 Å². The largest absolute Gasteiger partial charge is 0.387 e. The van der Waals surface area contributed by atoms with Crippen LogP contribution in [0.1, 0.15) is 0 Å². The molecule has 0 fully saturated rings. The number of hydrogen-bond donors (Lipinski definition) is 6. The smallest absolute Gasteiger partial charge is 0.318 e. The number of nitrogens with zero attached hydrogens (tertiary/aromatic N) is 1. The van der Waals surface area contributed by atoms with Gasteiger partial charge in [0.15, 0.2) is 0 Å². The molecule has 0 aliphatic heterocycles. The molecule has 0 saturated carbocycles. The average Bonchev–Trinajstić information content (AvgIpc) is 2.04. The minimum atomic E-state index is -0.955. The van der Waals surface area contributed by atoms with Crippen LogP contribution >= 0.6 is 12.4 Å². The Balaban J connectivity index is -0.000000177. The second-order valence-corrected chi connectivity index (χ2v) is 1.62. The van der Waals surface area contributed by atoms with Gasteiger partial charge in [-0.25, -0.2) is 4.79 Å². The summed E-state index contributed by atoms with van der Waals surface area (Å²) in [5, 5.41) is 12.5. The third-order valence-corrected chi connectivity index (χ3v) is 0.555. The number of hydrogen-bond acceptors (Lipinski definition) is 5. The maximum atomic E-state index is 9.96. The Bertz CT molecular complexity index is 203. The number of amides is 3. The molecule has 0 aliphatic rings. The van der Waals surface area contributed by atoms with Crippen molar-refractivity contribution >= 4 is 30.3 Å². The van der Waals surface area contributed by atoms with Gasteiger partial charge in [-0.3, -0.25) is 10.1 Å². The maximum Gasteiger partial charge on any atom is 0.318 e. The molecule has 10 heteroatoms. The number of halogens is 1. The number of nitrogens with one attached hydrogen (secondary N) is 1. The lowest BCUT2D eigenvalue weighted by Gasteiger charge is -1.92. The van der Waals surface area contributed by atoms with E-state index >= 15 is 0 Å². The number of aliphatic hydroxyl groups excluding tert-OH is 1. The van der Waals surface area contributed by atoms with Crippen LogP contribution < -0.4 is 28.4 Å². The van der Waals surface area contributed by atoms with Gasteiger partial charge in [-0.1, -0.05) is 0 Å². The van der Waals surface area contributed by atoms with Crippen molar-refractivity contribution in [2.45, 2.75) is 0 Å². The van der Waals surface area contributed by atoms with E-state index in [1.165, 1.54) is 0 Å². The summed E-state index contributed by atoms with van der Waals surface area (Å²) in [7, 11) is 0. The van der Waals surface area contributed by atoms with Crippen LogP contribution in [-0.4, -0.2) is 29.6 Å². The topological polar surface area (TPSA) is 183 Å². The van der Waals surface area contributed by atoms with Crippen molar-refractivity contribution in [1.82, 2.24) is 5.32 Å². The molecule has 0 saturated heterocycles. The van der Waals surface area contributed by atoms with Crippen LogP contribution in [0.4, 0.5) is 4.79 Å². The molecule has 0 heterocycles. The third kappa shape index (κ3) is 22.5. The van der Waals surface area contributed by atoms with E-state index in [2.05, 4.69) is 16.7 Å². The zero-order chi connectivity index (χ0) is 10.9. The fourth-order valence-corrected chi connectivity index (χ4v) is 0.177. The van der Waals surface area contributed by atoms with E-state index in [4.69, 9.17) is 16.6 Å². The average molecular weight is 229 g/mol. The number of imide groups is 1. The molecule has 3 amide bonds. The van der Waals surface area contributed by atoms with Gasteiger partial charge in [0.1, 0.15) is 6.61 Å². The SMILES string of the molecule is Cl.NC(=O)NC(=O)CO.NN=C(N)N. The number of carbonyl (C=O) groups is 2. The predicted molar refractivity (Wildman–Crippen MR) is 52.1 cm³/mol. The van der Waals surface area contributed by atoms with Crippen molar-refractivity contribution in [1.29, 1.82) is 0 Å². The lowest BCUT2D eigenvalue weighted by Crippen LogP contribution is -2.36. The standard InChI is InChI=1S/C3H6N2O3.CH6N4.ClH/c4-3(8)5-2(7)1-6;2-1(3)5-4;/h6H,1H2,(H3,4,5,7,8);4H2,(H4,2,3,5);1H. The van der Waals surface area contributed by atoms with E-state index in [0.29, 0.717) is 0 Å². The molecule has 0 bridgehead atoms. The highest BCUT2D eigenvalue weighted by Crippen LogP contribution is 1.58. The first-order valence-corrected chi connectivity index (χ1v) is 2.93. The highest BCUT2D eigenvalue weighted by atomic mass is 35.5. The zero-order valence-electron chi connectivity index (χ0n) is 7.14. The molecule has 0 radical (unpaired) electrons. The second kappa shape index (κ2) is 11.3. The summed E-state index contributed by atoms with van der Waals surface area (Å²) in [5.74, 6) is 3.62. The van der Waals surface area contributed by atoms with Crippen LogP contribution in [0.3, 0.4) is 0 Å². The van der Waals surface area contributed by atoms with Gasteiger partial charge in [-0.2, -0.15) is 0 Å². The number of primary amides is 1. The van der Waals surface area contributed by atoms with Gasteiger partial charge < -0.3 is 28.2 Å². The molecular formula is C4H13ClN6O3. The second-order valence-electron chi connectivity index (χ2n) is 1.62. The van der Waals surface area contributed by atoms with Crippen LogP contribution in [0.5, 0.6) is 0 Å². The summed E-state index contributed by atoms with van der Waals surface area (Å²) in [6, 6.07) is -0.955. The summed E-state index contributed by atoms with van der Waals surface area (Å²) in [4.78, 5) is 19.7. The molecule has 0 aromatic heterocycles. The molecule has 0 unspecified atom stereocenters. The summed E-state index contributed by atoms with van der Waals surface area (Å²) in [6.07, 6.45) is 0. The van der Waals surface area contributed by atoms with Crippen molar-refractivity contribution in [2.24, 2.45) is 28.1 Å². The van der Waals surface area contributed by atoms with Crippen molar-refractivity contribution in [2.75, 3.05) is 6.61 Å². The number of nitrogens with two attached hydrogens (primary N) is 4. The number of guanidine groups is 1. The Labute approximate surface area is 85.9 Å². The summed E-state index contributed by atoms with van der Waals surface area (Å²) >= 11 is 0. The Morgan fingerprint density at radius 2 is 1.64 bits per heavy atom. The first-order chi connectivity index (χ1) is 5.93. The lowest BCUT2D eigenvalue weighted by atomic mass is 10.6. The van der Waals surface area contributed by atoms with Gasteiger partial charge in [-0.15, -0.1) is 17.5 Å². The van der Waals surface area contributed by atoms with E-state index in [1.54, 1.807) is 5.32 Å². The van der Waals surface area contributed by atoms with Crippen molar-refractivity contribution < 1.29 is 14.7 Å². The molecule has 0 aromatic rings. The molecule has 0 aromatic carbocycles. The number of urea groups is 1. The Morgan fingerprint density at radius 1 is 1.29 bits per heavy atom. The number of aliphatic hydroxyl groups is 1. The highest BCUT2D eigenvalue weighted by Gasteiger charge is 1.98. The van der Waals surface area contributed by atoms with Crippen LogP contribution in [0.15, 0.2) is 5.10 Å². The fraction of sp³-hybridized carbons (Fsp3) is 0.250. The van der Waals surface area contributed by atoms with E-state index in [0.717, 1.165) is 0 Å². The Hall–Kier alpha value is -1.74. The van der Waals surface area contributed by atoms with Crippen molar-refractivity contribution in [3.63, 3.8) is 0 Å². The zero-order valence-corrected chi connectivity index (χ0v) is 7.95. The molecule has 84 valence electrons. The molecular weight excluding hydrogens is 216 g/mol. The lowest BCUT2D eigenvalue weighted by molar-refractivity contribution is -0.122. The summed E-state index contributed by atoms with van der Waals surface area (Å²) < 4.78 is 0. The number of hydrazone groups is 1. The molecule has 0 rings (SSSR count). The first kappa shape index (κ1) is 18.1. The summed E-state index contributed by atoms with van der Waals surface area (Å²) in [6.45, 7) is -0.719. The maximum absolute atomic E-state index is 9.96. The molecule has 9 nitrogen and oxygen atoms in total. The fourth-order valence-electron chi connectivity index (χ4n) is 0.177. The Kier molecular flexibility index (Phi) is 14.6. The molecule has 14 heavy (non-hydrogen) atoms. The van der Waals surface area contributed by atoms with Gasteiger partial charge in [-0.05, 0) is 0 Å². The van der Waals surface area contributed by atoms with E-state index in [-0.39, 0.29) is 18.4 Å². The minimum absolute atomic E-state index is 0. The van der Waals surface area contributed by atoms with Gasteiger partial charge in [0.05, 0.1) is 0 Å². The summed E-state index contributed by atoms with van der Waals surface area (Å²) in [5.41, 5.74) is 13.9. The van der Waals surface area contributed by atoms with Crippen LogP contribution in [0.25, 0.3) is 0 Å². The monoisotopic (exact) mass is 228 g/mol. The third-order valence-electron chi connectivity index (χ3n) is 0.555. The minimum Gasteiger partial charge on any atom is -0.387 e. The van der Waals surface area contributed by atoms with Gasteiger partial charge in [0.25, 0.3) is 5.91 Å². The van der Waals surface area contributed by atoms with Crippen molar-refractivity contribution in [3.8, 4) is 0 Å². The molecule has 0 spiro atoms. The number of rotatable bonds is 1. The van der Waals surface area contributed by atoms with E-state index < -0.39 is 18.5 Å². The first-order valence-electron chi connectivity index (χ1n) is 2.93. The molecule has 10 N–H and O–H groups in total.